The molecule has 0 saturated carbocycles. The largest absolute Gasteiger partial charge is 0.444 e. The maximum Gasteiger partial charge on any atom is 0.410 e. The average molecular weight is 311 g/mol. The van der Waals surface area contributed by atoms with Crippen LogP contribution in [0.3, 0.4) is 0 Å². The Morgan fingerprint density at radius 3 is 3.22 bits per heavy atom. The Hall–Kier alpha value is -1.07. The minimum absolute atomic E-state index is 0.0610. The third kappa shape index (κ3) is 2.24. The summed E-state index contributed by atoms with van der Waals surface area (Å²) < 4.78 is 6.45. The van der Waals surface area contributed by atoms with Crippen LogP contribution >= 0.6 is 15.9 Å². The standard InChI is InChI=1S/C13H15BrN2O2/c14-10-3-1-2-9(6-10)8-16-11-7-15-5-4-12(11)18-13(16)17/h1-3,6,11-12,15H,4-5,7-8H2. The van der Waals surface area contributed by atoms with E-state index in [1.165, 1.54) is 0 Å². The van der Waals surface area contributed by atoms with Crippen LogP contribution in [0.2, 0.25) is 0 Å². The maximum absolute atomic E-state index is 11.9. The lowest BCUT2D eigenvalue weighted by Crippen LogP contribution is -2.48. The lowest BCUT2D eigenvalue weighted by atomic mass is 10.0. The van der Waals surface area contributed by atoms with Crippen LogP contribution in [0.4, 0.5) is 4.79 Å². The molecule has 1 aromatic carbocycles. The lowest BCUT2D eigenvalue weighted by molar-refractivity contribution is 0.117. The highest BCUT2D eigenvalue weighted by atomic mass is 79.9. The van der Waals surface area contributed by atoms with Gasteiger partial charge in [0, 0.05) is 17.6 Å². The molecule has 0 aromatic heterocycles. The smallest absolute Gasteiger partial charge is 0.410 e. The number of ether oxygens (including phenoxy) is 1. The highest BCUT2D eigenvalue weighted by molar-refractivity contribution is 9.10. The predicted octanol–water partition coefficient (Wildman–Crippen LogP) is 2.13. The fourth-order valence-corrected chi connectivity index (χ4v) is 3.06. The van der Waals surface area contributed by atoms with Gasteiger partial charge in [0.2, 0.25) is 0 Å². The molecule has 2 saturated heterocycles. The third-order valence-corrected chi connectivity index (χ3v) is 4.01. The highest BCUT2D eigenvalue weighted by Crippen LogP contribution is 2.26. The van der Waals surface area contributed by atoms with Gasteiger partial charge in [-0.3, -0.25) is 4.90 Å². The van der Waals surface area contributed by atoms with Gasteiger partial charge in [0.05, 0.1) is 6.04 Å². The molecular weight excluding hydrogens is 296 g/mol. The van der Waals surface area contributed by atoms with Crippen LogP contribution in [0, 0.1) is 0 Å². The Labute approximate surface area is 114 Å². The number of nitrogens with zero attached hydrogens (tertiary/aromatic N) is 1. The number of carbonyl (C=O) groups is 1. The molecule has 2 aliphatic rings. The number of carbonyl (C=O) groups excluding carboxylic acids is 1. The van der Waals surface area contributed by atoms with E-state index in [2.05, 4.69) is 21.2 Å². The lowest BCUT2D eigenvalue weighted by Gasteiger charge is -2.28. The van der Waals surface area contributed by atoms with Gasteiger partial charge in [-0.2, -0.15) is 0 Å². The van der Waals surface area contributed by atoms with Gasteiger partial charge in [0.1, 0.15) is 6.10 Å². The molecule has 4 nitrogen and oxygen atoms in total. The van der Waals surface area contributed by atoms with Gasteiger partial charge in [0.15, 0.2) is 0 Å². The minimum Gasteiger partial charge on any atom is -0.444 e. The molecule has 2 heterocycles. The fraction of sp³-hybridized carbons (Fsp3) is 0.462. The summed E-state index contributed by atoms with van der Waals surface area (Å²) in [6.45, 7) is 2.37. The van der Waals surface area contributed by atoms with Crippen molar-refractivity contribution in [2.24, 2.45) is 0 Å². The Morgan fingerprint density at radius 2 is 2.39 bits per heavy atom. The van der Waals surface area contributed by atoms with Crippen molar-refractivity contribution in [3.63, 3.8) is 0 Å². The zero-order chi connectivity index (χ0) is 12.5. The number of hydrogen-bond donors (Lipinski definition) is 1. The first kappa shape index (κ1) is 12.0. The number of hydrogen-bond acceptors (Lipinski definition) is 3. The van der Waals surface area contributed by atoms with Crippen LogP contribution in [-0.2, 0) is 11.3 Å². The summed E-state index contributed by atoms with van der Waals surface area (Å²) in [5.74, 6) is 0. The summed E-state index contributed by atoms with van der Waals surface area (Å²) in [6, 6.07) is 8.21. The van der Waals surface area contributed by atoms with Gasteiger partial charge >= 0.3 is 6.09 Å². The highest BCUT2D eigenvalue weighted by Gasteiger charge is 2.42. The van der Waals surface area contributed by atoms with Crippen LogP contribution < -0.4 is 5.32 Å². The summed E-state index contributed by atoms with van der Waals surface area (Å²) in [5.41, 5.74) is 1.12. The van der Waals surface area contributed by atoms with Crippen molar-refractivity contribution < 1.29 is 9.53 Å². The number of fused-ring (bicyclic) bond motifs is 1. The van der Waals surface area contributed by atoms with Gasteiger partial charge in [-0.05, 0) is 30.7 Å². The van der Waals surface area contributed by atoms with Crippen LogP contribution in [0.5, 0.6) is 0 Å². The Bertz CT molecular complexity index is 466. The molecule has 3 rings (SSSR count). The van der Waals surface area contributed by atoms with E-state index < -0.39 is 0 Å². The normalized spacial score (nSPS) is 26.9. The molecule has 18 heavy (non-hydrogen) atoms. The molecule has 0 aliphatic carbocycles. The second-order valence-electron chi connectivity index (χ2n) is 4.74. The van der Waals surface area contributed by atoms with Crippen LogP contribution in [0.25, 0.3) is 0 Å². The van der Waals surface area contributed by atoms with E-state index in [0.717, 1.165) is 29.5 Å². The maximum atomic E-state index is 11.9. The zero-order valence-electron chi connectivity index (χ0n) is 9.93. The zero-order valence-corrected chi connectivity index (χ0v) is 11.5. The van der Waals surface area contributed by atoms with E-state index >= 15 is 0 Å². The molecule has 1 aromatic rings. The second kappa shape index (κ2) is 4.90. The average Bonchev–Trinajstić information content (AvgIpc) is 2.66. The predicted molar refractivity (Wildman–Crippen MR) is 71.2 cm³/mol. The van der Waals surface area contributed by atoms with E-state index in [1.807, 2.05) is 29.2 Å². The molecule has 0 bridgehead atoms. The summed E-state index contributed by atoms with van der Waals surface area (Å²) in [5, 5.41) is 3.32. The molecule has 2 atom stereocenters. The van der Waals surface area contributed by atoms with E-state index in [0.29, 0.717) is 6.54 Å². The molecule has 2 unspecified atom stereocenters. The van der Waals surface area contributed by atoms with E-state index in [-0.39, 0.29) is 18.2 Å². The quantitative estimate of drug-likeness (QED) is 0.910. The van der Waals surface area contributed by atoms with Gasteiger partial charge in [0.25, 0.3) is 0 Å². The summed E-state index contributed by atoms with van der Waals surface area (Å²) in [7, 11) is 0. The molecular formula is C13H15BrN2O2. The van der Waals surface area contributed by atoms with Gasteiger partial charge in [-0.1, -0.05) is 28.1 Å². The van der Waals surface area contributed by atoms with Crippen LogP contribution in [-0.4, -0.2) is 36.2 Å². The van der Waals surface area contributed by atoms with Gasteiger partial charge < -0.3 is 10.1 Å². The summed E-state index contributed by atoms with van der Waals surface area (Å²) in [4.78, 5) is 13.7. The van der Waals surface area contributed by atoms with E-state index in [9.17, 15) is 4.79 Å². The molecule has 2 fully saturated rings. The first-order valence-electron chi connectivity index (χ1n) is 6.16. The van der Waals surface area contributed by atoms with Crippen molar-refractivity contribution in [3.05, 3.63) is 34.3 Å². The molecule has 96 valence electrons. The second-order valence-corrected chi connectivity index (χ2v) is 5.66. The fourth-order valence-electron chi connectivity index (χ4n) is 2.61. The van der Waals surface area contributed by atoms with Crippen molar-refractivity contribution in [1.29, 1.82) is 0 Å². The molecule has 0 spiro atoms. The van der Waals surface area contributed by atoms with Crippen LogP contribution in [0.1, 0.15) is 12.0 Å². The number of halogens is 1. The Kier molecular flexibility index (Phi) is 3.26. The van der Waals surface area contributed by atoms with Crippen molar-refractivity contribution in [3.8, 4) is 0 Å². The first-order chi connectivity index (χ1) is 8.74. The van der Waals surface area contributed by atoms with Gasteiger partial charge in [-0.25, -0.2) is 4.79 Å². The van der Waals surface area contributed by atoms with Crippen molar-refractivity contribution in [2.75, 3.05) is 13.1 Å². The number of rotatable bonds is 2. The van der Waals surface area contributed by atoms with E-state index in [4.69, 9.17) is 4.74 Å². The van der Waals surface area contributed by atoms with Crippen molar-refractivity contribution in [2.45, 2.75) is 25.1 Å². The molecule has 1 amide bonds. The number of nitrogens with one attached hydrogen (secondary N) is 1. The summed E-state index contributed by atoms with van der Waals surface area (Å²) >= 11 is 3.45. The first-order valence-corrected chi connectivity index (χ1v) is 6.96. The molecule has 0 radical (unpaired) electrons. The summed E-state index contributed by atoms with van der Waals surface area (Å²) in [6.07, 6.45) is 0.783. The van der Waals surface area contributed by atoms with Crippen molar-refractivity contribution >= 4 is 22.0 Å². The number of benzene rings is 1. The monoisotopic (exact) mass is 310 g/mol. The molecule has 5 heteroatoms. The topological polar surface area (TPSA) is 41.6 Å². The molecule has 2 aliphatic heterocycles. The number of amides is 1. The number of piperidine rings is 1. The molecule has 1 N–H and O–H groups in total. The van der Waals surface area contributed by atoms with Gasteiger partial charge in [-0.15, -0.1) is 0 Å². The van der Waals surface area contributed by atoms with Crippen molar-refractivity contribution in [1.82, 2.24) is 10.2 Å². The minimum atomic E-state index is -0.186. The van der Waals surface area contributed by atoms with Crippen LogP contribution in [0.15, 0.2) is 28.7 Å². The van der Waals surface area contributed by atoms with E-state index in [1.54, 1.807) is 0 Å². The third-order valence-electron chi connectivity index (χ3n) is 3.52. The SMILES string of the molecule is O=C1OC2CCNCC2N1Cc1cccc(Br)c1. The Balaban J connectivity index is 1.77. The Morgan fingerprint density at radius 1 is 1.50 bits per heavy atom.